The van der Waals surface area contributed by atoms with Crippen LogP contribution in [0.4, 0.5) is 0 Å². The lowest BCUT2D eigenvalue weighted by molar-refractivity contribution is -0.143. The summed E-state index contributed by atoms with van der Waals surface area (Å²) < 4.78 is 0. The minimum Gasteiger partial charge on any atom is -0.480 e. The molecule has 1 aromatic carbocycles. The maximum Gasteiger partial charge on any atom is 0.328 e. The molecule has 0 saturated heterocycles. The van der Waals surface area contributed by atoms with E-state index in [4.69, 9.17) is 22.3 Å². The van der Waals surface area contributed by atoms with Crippen LogP contribution >= 0.6 is 12.6 Å². The highest BCUT2D eigenvalue weighted by atomic mass is 32.1. The van der Waals surface area contributed by atoms with Crippen LogP contribution in [0.5, 0.6) is 0 Å². The van der Waals surface area contributed by atoms with Gasteiger partial charge in [0.1, 0.15) is 18.1 Å². The lowest BCUT2D eigenvalue weighted by atomic mass is 10.0. The Bertz CT molecular complexity index is 882. The average Bonchev–Trinajstić information content (AvgIpc) is 2.83. The maximum atomic E-state index is 13.1. The smallest absolute Gasteiger partial charge is 0.328 e. The van der Waals surface area contributed by atoms with E-state index in [1.54, 1.807) is 30.3 Å². The zero-order chi connectivity index (χ0) is 26.4. The second kappa shape index (κ2) is 15.5. The number of rotatable bonds is 15. The Labute approximate surface area is 208 Å². The van der Waals surface area contributed by atoms with Crippen molar-refractivity contribution in [2.75, 3.05) is 18.9 Å². The molecule has 194 valence electrons. The lowest BCUT2D eigenvalue weighted by Crippen LogP contribution is -2.58. The Hall–Kier alpha value is -3.36. The van der Waals surface area contributed by atoms with Gasteiger partial charge in [-0.2, -0.15) is 12.6 Å². The normalized spacial score (nSPS) is 14.0. The molecular formula is C21H33N7O6S. The molecule has 4 atom stereocenters. The van der Waals surface area contributed by atoms with Gasteiger partial charge in [0.15, 0.2) is 5.96 Å². The van der Waals surface area contributed by atoms with E-state index in [2.05, 4.69) is 33.6 Å². The summed E-state index contributed by atoms with van der Waals surface area (Å²) in [5, 5.41) is 25.6. The Morgan fingerprint density at radius 1 is 0.943 bits per heavy atom. The van der Waals surface area contributed by atoms with E-state index >= 15 is 0 Å². The molecule has 0 spiro atoms. The van der Waals surface area contributed by atoms with E-state index in [1.807, 2.05) is 0 Å². The zero-order valence-electron chi connectivity index (χ0n) is 19.1. The van der Waals surface area contributed by atoms with Gasteiger partial charge in [-0.05, 0) is 18.4 Å². The van der Waals surface area contributed by atoms with Gasteiger partial charge < -0.3 is 43.4 Å². The number of thiol groups is 1. The van der Waals surface area contributed by atoms with Gasteiger partial charge >= 0.3 is 5.97 Å². The van der Waals surface area contributed by atoms with Crippen molar-refractivity contribution >= 4 is 42.3 Å². The summed E-state index contributed by atoms with van der Waals surface area (Å²) in [5.41, 5.74) is 17.0. The first kappa shape index (κ1) is 29.7. The third-order valence-corrected chi connectivity index (χ3v) is 5.22. The highest BCUT2D eigenvalue weighted by Gasteiger charge is 2.30. The van der Waals surface area contributed by atoms with Crippen LogP contribution in [0, 0.1) is 0 Å². The summed E-state index contributed by atoms with van der Waals surface area (Å²) in [7, 11) is 0. The summed E-state index contributed by atoms with van der Waals surface area (Å²) >= 11 is 3.99. The third kappa shape index (κ3) is 11.1. The van der Waals surface area contributed by atoms with Gasteiger partial charge in [0.25, 0.3) is 0 Å². The molecular weight excluding hydrogens is 478 g/mol. The molecule has 0 aromatic heterocycles. The molecule has 0 aliphatic heterocycles. The second-order valence-electron chi connectivity index (χ2n) is 7.63. The number of amides is 3. The topological polar surface area (TPSA) is 235 Å². The number of carboxylic acid groups (broad SMARTS) is 1. The van der Waals surface area contributed by atoms with Crippen molar-refractivity contribution in [3.8, 4) is 0 Å². The minimum atomic E-state index is -1.56. The Balaban J connectivity index is 3.07. The molecule has 0 aliphatic rings. The summed E-state index contributed by atoms with van der Waals surface area (Å²) in [5.74, 6) is -3.66. The number of hydrogen-bond acceptors (Lipinski definition) is 8. The number of aliphatic hydroxyl groups excluding tert-OH is 1. The number of carboxylic acids is 1. The molecule has 0 fully saturated rings. The first-order valence-corrected chi connectivity index (χ1v) is 11.4. The fourth-order valence-electron chi connectivity index (χ4n) is 2.92. The van der Waals surface area contributed by atoms with Crippen LogP contribution in [0.25, 0.3) is 0 Å². The molecule has 0 aliphatic carbocycles. The van der Waals surface area contributed by atoms with Gasteiger partial charge in [0.05, 0.1) is 12.6 Å². The fourth-order valence-corrected chi connectivity index (χ4v) is 3.09. The number of aliphatic carboxylic acids is 1. The van der Waals surface area contributed by atoms with Gasteiger partial charge in [-0.3, -0.25) is 19.4 Å². The predicted octanol–water partition coefficient (Wildman–Crippen LogP) is -2.93. The molecule has 1 rings (SSSR count). The SMILES string of the molecule is NC(N)=NCCCC(NC(=O)C(Cc1ccccc1)NC(=O)C(N)CS)C(=O)NC(CO)C(=O)O. The standard InChI is InChI=1S/C21H33N7O6S/c22-13(11-35)17(30)27-15(9-12-5-2-1-3-6-12)19(32)26-14(7-4-8-25-21(23)24)18(31)28-16(10-29)20(33)34/h1-3,5-6,13-16,29,35H,4,7-11,22H2,(H,26,32)(H,27,30)(H,28,31)(H,33,34)(H4,23,24,25). The number of guanidine groups is 1. The van der Waals surface area contributed by atoms with Crippen molar-refractivity contribution in [2.24, 2.45) is 22.2 Å². The summed E-state index contributed by atoms with van der Waals surface area (Å²) in [6, 6.07) is 4.07. The van der Waals surface area contributed by atoms with E-state index in [0.717, 1.165) is 5.56 Å². The van der Waals surface area contributed by atoms with Crippen LogP contribution in [0.15, 0.2) is 35.3 Å². The largest absolute Gasteiger partial charge is 0.480 e. The predicted molar refractivity (Wildman–Crippen MR) is 132 cm³/mol. The molecule has 3 amide bonds. The second-order valence-corrected chi connectivity index (χ2v) is 8.00. The number of carbonyl (C=O) groups excluding carboxylic acids is 3. The van der Waals surface area contributed by atoms with Crippen molar-refractivity contribution in [1.82, 2.24) is 16.0 Å². The number of nitrogens with one attached hydrogen (secondary N) is 3. The number of nitrogens with two attached hydrogens (primary N) is 3. The number of aliphatic imine (C=N–C) groups is 1. The van der Waals surface area contributed by atoms with Crippen molar-refractivity contribution in [3.05, 3.63) is 35.9 Å². The van der Waals surface area contributed by atoms with E-state index in [0.29, 0.717) is 0 Å². The number of benzene rings is 1. The summed E-state index contributed by atoms with van der Waals surface area (Å²) in [4.78, 5) is 53.2. The van der Waals surface area contributed by atoms with E-state index in [-0.39, 0.29) is 37.5 Å². The van der Waals surface area contributed by atoms with Crippen molar-refractivity contribution < 1.29 is 29.4 Å². The fraction of sp³-hybridized carbons (Fsp3) is 0.476. The first-order chi connectivity index (χ1) is 16.6. The molecule has 13 nitrogen and oxygen atoms in total. The average molecular weight is 512 g/mol. The number of carbonyl (C=O) groups is 4. The highest BCUT2D eigenvalue weighted by Crippen LogP contribution is 2.06. The van der Waals surface area contributed by atoms with Crippen LogP contribution < -0.4 is 33.2 Å². The molecule has 0 saturated carbocycles. The van der Waals surface area contributed by atoms with Gasteiger partial charge in [-0.25, -0.2) is 4.79 Å². The molecule has 1 aromatic rings. The van der Waals surface area contributed by atoms with E-state index in [9.17, 15) is 24.3 Å². The number of hydrogen-bond donors (Lipinski definition) is 9. The Morgan fingerprint density at radius 2 is 1.51 bits per heavy atom. The molecule has 4 unspecified atom stereocenters. The molecule has 0 bridgehead atoms. The first-order valence-electron chi connectivity index (χ1n) is 10.8. The van der Waals surface area contributed by atoms with Gasteiger partial charge in [0.2, 0.25) is 17.7 Å². The number of aliphatic hydroxyl groups is 1. The molecule has 11 N–H and O–H groups in total. The minimum absolute atomic E-state index is 0.0499. The summed E-state index contributed by atoms with van der Waals surface area (Å²) in [6.07, 6.45) is 0.427. The van der Waals surface area contributed by atoms with Crippen LogP contribution in [-0.4, -0.2) is 82.9 Å². The molecule has 0 heterocycles. The zero-order valence-corrected chi connectivity index (χ0v) is 20.0. The lowest BCUT2D eigenvalue weighted by Gasteiger charge is -2.25. The van der Waals surface area contributed by atoms with Crippen molar-refractivity contribution in [1.29, 1.82) is 0 Å². The Kier molecular flexibility index (Phi) is 13.2. The Morgan fingerprint density at radius 3 is 2.06 bits per heavy atom. The van der Waals surface area contributed by atoms with E-state index in [1.165, 1.54) is 0 Å². The summed E-state index contributed by atoms with van der Waals surface area (Å²) in [6.45, 7) is -0.685. The monoisotopic (exact) mass is 511 g/mol. The van der Waals surface area contributed by atoms with Gasteiger partial charge in [-0.1, -0.05) is 30.3 Å². The quantitative estimate of drug-likeness (QED) is 0.0506. The third-order valence-electron chi connectivity index (χ3n) is 4.82. The van der Waals surface area contributed by atoms with Crippen LogP contribution in [0.3, 0.4) is 0 Å². The van der Waals surface area contributed by atoms with Crippen LogP contribution in [0.1, 0.15) is 18.4 Å². The van der Waals surface area contributed by atoms with Gasteiger partial charge in [-0.15, -0.1) is 0 Å². The molecule has 14 heteroatoms. The number of nitrogens with zero attached hydrogens (tertiary/aromatic N) is 1. The molecule has 35 heavy (non-hydrogen) atoms. The van der Waals surface area contributed by atoms with Crippen molar-refractivity contribution in [3.63, 3.8) is 0 Å². The maximum absolute atomic E-state index is 13.1. The van der Waals surface area contributed by atoms with Gasteiger partial charge in [0, 0.05) is 18.7 Å². The van der Waals surface area contributed by atoms with Crippen molar-refractivity contribution in [2.45, 2.75) is 43.4 Å². The molecule has 0 radical (unpaired) electrons. The van der Waals surface area contributed by atoms with Crippen LogP contribution in [0.2, 0.25) is 0 Å². The highest BCUT2D eigenvalue weighted by molar-refractivity contribution is 7.80. The van der Waals surface area contributed by atoms with E-state index < -0.39 is 54.5 Å². The van der Waals surface area contributed by atoms with Crippen LogP contribution in [-0.2, 0) is 25.6 Å².